The third kappa shape index (κ3) is 16.5. The Bertz CT molecular complexity index is 342. The van der Waals surface area contributed by atoms with E-state index in [0.717, 1.165) is 38.5 Å². The minimum Gasteiger partial charge on any atom is -0.481 e. The minimum absolute atomic E-state index is 0.301. The molecule has 0 aliphatic heterocycles. The van der Waals surface area contributed by atoms with Crippen LogP contribution in [-0.4, -0.2) is 11.1 Å². The fourth-order valence-electron chi connectivity index (χ4n) is 1.76. The van der Waals surface area contributed by atoms with Crippen LogP contribution in [0.5, 0.6) is 0 Å². The second-order valence-corrected chi connectivity index (χ2v) is 4.91. The first kappa shape index (κ1) is 18.5. The van der Waals surface area contributed by atoms with E-state index in [1.807, 2.05) is 18.2 Å². The van der Waals surface area contributed by atoms with Gasteiger partial charge >= 0.3 is 5.97 Å². The van der Waals surface area contributed by atoms with Crippen LogP contribution in [0, 0.1) is 11.8 Å². The Morgan fingerprint density at radius 1 is 1.05 bits per heavy atom. The Kier molecular flexibility index (Phi) is 14.4. The van der Waals surface area contributed by atoms with Crippen molar-refractivity contribution in [2.75, 3.05) is 0 Å². The number of hydrogen-bond donors (Lipinski definition) is 1. The number of carboxylic acids is 1. The molecule has 0 aromatic carbocycles. The molecule has 0 saturated carbocycles. The summed E-state index contributed by atoms with van der Waals surface area (Å²) in [5, 5.41) is 8.49. The first-order valence-corrected chi connectivity index (χ1v) is 7.79. The van der Waals surface area contributed by atoms with Gasteiger partial charge in [-0.15, -0.1) is 0 Å². The van der Waals surface area contributed by atoms with Crippen molar-refractivity contribution in [1.29, 1.82) is 0 Å². The second-order valence-electron chi connectivity index (χ2n) is 4.91. The highest BCUT2D eigenvalue weighted by Gasteiger charge is 1.95. The highest BCUT2D eigenvalue weighted by Crippen LogP contribution is 2.05. The molecule has 0 unspecified atom stereocenters. The number of unbranched alkanes of at least 4 members (excludes halogenated alkanes) is 7. The normalized spacial score (nSPS) is 10.8. The van der Waals surface area contributed by atoms with Gasteiger partial charge in [0.2, 0.25) is 0 Å². The molecule has 0 aliphatic rings. The smallest absolute Gasteiger partial charge is 0.303 e. The van der Waals surface area contributed by atoms with Gasteiger partial charge in [0.15, 0.2) is 0 Å². The maximum absolute atomic E-state index is 10.3. The van der Waals surface area contributed by atoms with E-state index >= 15 is 0 Å². The molecule has 0 amide bonds. The average molecular weight is 276 g/mol. The third-order valence-corrected chi connectivity index (χ3v) is 2.95. The van der Waals surface area contributed by atoms with Crippen LogP contribution in [0.1, 0.15) is 71.1 Å². The number of allylic oxidation sites excluding steroid dienone is 4. The lowest BCUT2D eigenvalue weighted by atomic mass is 10.1. The predicted molar refractivity (Wildman–Crippen MR) is 85.5 cm³/mol. The van der Waals surface area contributed by atoms with Crippen LogP contribution in [-0.2, 0) is 4.79 Å². The first-order valence-electron chi connectivity index (χ1n) is 7.79. The van der Waals surface area contributed by atoms with Gasteiger partial charge < -0.3 is 5.11 Å². The number of carbonyl (C=O) groups is 1. The largest absolute Gasteiger partial charge is 0.481 e. The third-order valence-electron chi connectivity index (χ3n) is 2.95. The summed E-state index contributed by atoms with van der Waals surface area (Å²) in [7, 11) is 0. The standard InChI is InChI=1S/C18H28O2/c1-2-3-4-5-6-7-8-9-10-11-12-13-14-15-16-17-18(19)20/h8-11H,2-5,12-17H2,1H3,(H,19,20). The van der Waals surface area contributed by atoms with Gasteiger partial charge in [0, 0.05) is 12.8 Å². The van der Waals surface area contributed by atoms with E-state index in [1.165, 1.54) is 19.3 Å². The molecule has 0 radical (unpaired) electrons. The van der Waals surface area contributed by atoms with Crippen molar-refractivity contribution in [2.45, 2.75) is 71.1 Å². The summed E-state index contributed by atoms with van der Waals surface area (Å²) < 4.78 is 0. The Morgan fingerprint density at radius 2 is 1.85 bits per heavy atom. The number of aliphatic carboxylic acids is 1. The van der Waals surface area contributed by atoms with E-state index in [0.29, 0.717) is 6.42 Å². The molecule has 0 aliphatic carbocycles. The predicted octanol–water partition coefficient (Wildman–Crippen LogP) is 5.11. The number of carboxylic acid groups (broad SMARTS) is 1. The fraction of sp³-hybridized carbons (Fsp3) is 0.611. The van der Waals surface area contributed by atoms with Gasteiger partial charge in [-0.05, 0) is 31.8 Å². The Labute approximate surface area is 124 Å². The van der Waals surface area contributed by atoms with E-state index in [-0.39, 0.29) is 0 Å². The Hall–Kier alpha value is -1.49. The van der Waals surface area contributed by atoms with Gasteiger partial charge in [-0.3, -0.25) is 4.79 Å². The summed E-state index contributed by atoms with van der Waals surface area (Å²) in [5.41, 5.74) is 0. The highest BCUT2D eigenvalue weighted by atomic mass is 16.4. The van der Waals surface area contributed by atoms with Crippen LogP contribution >= 0.6 is 0 Å². The van der Waals surface area contributed by atoms with Gasteiger partial charge in [-0.1, -0.05) is 62.7 Å². The molecule has 0 heterocycles. The molecule has 0 fully saturated rings. The SMILES string of the molecule is CCCCCC#CC=CC=CCCCCCCC(=O)O. The van der Waals surface area contributed by atoms with E-state index in [4.69, 9.17) is 5.11 Å². The van der Waals surface area contributed by atoms with Gasteiger partial charge in [0.05, 0.1) is 0 Å². The zero-order valence-electron chi connectivity index (χ0n) is 12.7. The topological polar surface area (TPSA) is 37.3 Å². The first-order chi connectivity index (χ1) is 9.77. The molecular formula is C18H28O2. The maximum atomic E-state index is 10.3. The maximum Gasteiger partial charge on any atom is 0.303 e. The van der Waals surface area contributed by atoms with Crippen LogP contribution < -0.4 is 0 Å². The van der Waals surface area contributed by atoms with Crippen molar-refractivity contribution in [1.82, 2.24) is 0 Å². The average Bonchev–Trinajstić information content (AvgIpc) is 2.43. The lowest BCUT2D eigenvalue weighted by molar-refractivity contribution is -0.137. The minimum atomic E-state index is -0.689. The molecule has 2 heteroatoms. The molecule has 112 valence electrons. The summed E-state index contributed by atoms with van der Waals surface area (Å²) in [6, 6.07) is 0. The Balaban J connectivity index is 3.36. The van der Waals surface area contributed by atoms with Gasteiger partial charge in [-0.2, -0.15) is 0 Å². The summed E-state index contributed by atoms with van der Waals surface area (Å²) in [6.07, 6.45) is 18.2. The summed E-state index contributed by atoms with van der Waals surface area (Å²) in [6.45, 7) is 2.20. The van der Waals surface area contributed by atoms with Crippen molar-refractivity contribution >= 4 is 5.97 Å². The van der Waals surface area contributed by atoms with E-state index in [1.54, 1.807) is 0 Å². The quantitative estimate of drug-likeness (QED) is 0.323. The molecule has 0 saturated heterocycles. The molecule has 0 aromatic rings. The Morgan fingerprint density at radius 3 is 2.60 bits per heavy atom. The highest BCUT2D eigenvalue weighted by molar-refractivity contribution is 5.66. The molecular weight excluding hydrogens is 248 g/mol. The van der Waals surface area contributed by atoms with Crippen molar-refractivity contribution in [2.24, 2.45) is 0 Å². The van der Waals surface area contributed by atoms with Crippen molar-refractivity contribution in [3.63, 3.8) is 0 Å². The molecule has 0 atom stereocenters. The van der Waals surface area contributed by atoms with Crippen LogP contribution in [0.25, 0.3) is 0 Å². The van der Waals surface area contributed by atoms with Crippen molar-refractivity contribution in [3.05, 3.63) is 24.3 Å². The molecule has 2 nitrogen and oxygen atoms in total. The van der Waals surface area contributed by atoms with E-state index < -0.39 is 5.97 Å². The fourth-order valence-corrected chi connectivity index (χ4v) is 1.76. The van der Waals surface area contributed by atoms with Crippen molar-refractivity contribution < 1.29 is 9.90 Å². The lowest BCUT2D eigenvalue weighted by Crippen LogP contribution is -1.93. The lowest BCUT2D eigenvalue weighted by Gasteiger charge is -1.96. The van der Waals surface area contributed by atoms with Crippen LogP contribution in [0.3, 0.4) is 0 Å². The zero-order valence-corrected chi connectivity index (χ0v) is 12.7. The summed E-state index contributed by atoms with van der Waals surface area (Å²) >= 11 is 0. The molecule has 20 heavy (non-hydrogen) atoms. The zero-order chi connectivity index (χ0) is 14.9. The number of rotatable bonds is 11. The van der Waals surface area contributed by atoms with Crippen LogP contribution in [0.15, 0.2) is 24.3 Å². The monoisotopic (exact) mass is 276 g/mol. The molecule has 0 bridgehead atoms. The van der Waals surface area contributed by atoms with E-state index in [2.05, 4.69) is 24.8 Å². The van der Waals surface area contributed by atoms with E-state index in [9.17, 15) is 4.79 Å². The second kappa shape index (κ2) is 15.6. The van der Waals surface area contributed by atoms with Crippen LogP contribution in [0.4, 0.5) is 0 Å². The van der Waals surface area contributed by atoms with Crippen molar-refractivity contribution in [3.8, 4) is 11.8 Å². The summed E-state index contributed by atoms with van der Waals surface area (Å²) in [4.78, 5) is 10.3. The molecule has 1 N–H and O–H groups in total. The molecule has 0 spiro atoms. The van der Waals surface area contributed by atoms with Gasteiger partial charge in [0.1, 0.15) is 0 Å². The molecule has 0 aromatic heterocycles. The van der Waals surface area contributed by atoms with Crippen LogP contribution in [0.2, 0.25) is 0 Å². The number of hydrogen-bond acceptors (Lipinski definition) is 1. The van der Waals surface area contributed by atoms with Gasteiger partial charge in [-0.25, -0.2) is 0 Å². The summed E-state index contributed by atoms with van der Waals surface area (Å²) in [5.74, 6) is 5.48. The van der Waals surface area contributed by atoms with Gasteiger partial charge in [0.25, 0.3) is 0 Å². The molecule has 0 rings (SSSR count).